The molecule has 0 atom stereocenters. The zero-order valence-electron chi connectivity index (χ0n) is 10.9. The number of nitrogens with one attached hydrogen (secondary N) is 1. The van der Waals surface area contributed by atoms with E-state index in [9.17, 15) is 4.79 Å². The second-order valence-electron chi connectivity index (χ2n) is 4.36. The number of pyridine rings is 1. The highest BCUT2D eigenvalue weighted by atomic mass is 79.9. The number of carbonyl (C=O) groups is 1. The predicted octanol–water partition coefficient (Wildman–Crippen LogP) is 4.61. The monoisotopic (exact) mass is 342 g/mol. The van der Waals surface area contributed by atoms with Gasteiger partial charge in [-0.05, 0) is 30.3 Å². The third kappa shape index (κ3) is 3.20. The number of nitrogens with zero attached hydrogens (tertiary/aromatic N) is 1. The zero-order chi connectivity index (χ0) is 14.7. The summed E-state index contributed by atoms with van der Waals surface area (Å²) in [5.41, 5.74) is 1.31. The summed E-state index contributed by atoms with van der Waals surface area (Å²) in [6.07, 6.45) is 1.12. The van der Waals surface area contributed by atoms with Crippen molar-refractivity contribution in [3.8, 4) is 5.75 Å². The topological polar surface area (TPSA) is 51.2 Å². The molecule has 3 rings (SSSR count). The third-order valence-electron chi connectivity index (χ3n) is 2.87. The molecule has 1 amide bonds. The van der Waals surface area contributed by atoms with Crippen LogP contribution in [0.3, 0.4) is 0 Å². The van der Waals surface area contributed by atoms with Gasteiger partial charge in [-0.15, -0.1) is 0 Å². The van der Waals surface area contributed by atoms with Crippen LogP contribution in [-0.4, -0.2) is 11.1 Å². The molecule has 0 aliphatic rings. The number of amides is 1. The fourth-order valence-corrected chi connectivity index (χ4v) is 2.37. The van der Waals surface area contributed by atoms with Crippen LogP contribution < -0.4 is 10.1 Å². The smallest absolute Gasteiger partial charge is 0.408 e. The number of hydrogen-bond donors (Lipinski definition) is 1. The molecule has 0 radical (unpaired) electrons. The Labute approximate surface area is 129 Å². The number of fused-ring (bicyclic) bond motifs is 1. The van der Waals surface area contributed by atoms with E-state index in [4.69, 9.17) is 4.74 Å². The number of hydrogen-bond acceptors (Lipinski definition) is 3. The molecule has 0 aliphatic carbocycles. The number of benzene rings is 2. The van der Waals surface area contributed by atoms with Gasteiger partial charge in [0.2, 0.25) is 0 Å². The van der Waals surface area contributed by atoms with E-state index < -0.39 is 6.09 Å². The first kappa shape index (κ1) is 13.6. The number of rotatable bonds is 2. The largest absolute Gasteiger partial charge is 0.417 e. The van der Waals surface area contributed by atoms with Crippen LogP contribution in [0.5, 0.6) is 5.75 Å². The normalized spacial score (nSPS) is 10.3. The van der Waals surface area contributed by atoms with Gasteiger partial charge in [0.25, 0.3) is 0 Å². The Morgan fingerprint density at radius 1 is 1.10 bits per heavy atom. The van der Waals surface area contributed by atoms with Crippen LogP contribution >= 0.6 is 15.9 Å². The first-order chi connectivity index (χ1) is 10.2. The number of ether oxygens (including phenoxy) is 1. The molecule has 2 aromatic carbocycles. The van der Waals surface area contributed by atoms with E-state index in [1.165, 1.54) is 0 Å². The molecule has 0 saturated heterocycles. The van der Waals surface area contributed by atoms with Crippen molar-refractivity contribution in [3.05, 3.63) is 65.3 Å². The summed E-state index contributed by atoms with van der Waals surface area (Å²) in [6.45, 7) is 0. The van der Waals surface area contributed by atoms with Crippen molar-refractivity contribution < 1.29 is 9.53 Å². The lowest BCUT2D eigenvalue weighted by atomic mass is 10.2. The van der Waals surface area contributed by atoms with Gasteiger partial charge in [0.05, 0.1) is 0 Å². The summed E-state index contributed by atoms with van der Waals surface area (Å²) in [5, 5.41) is 3.60. The number of para-hydroxylation sites is 1. The van der Waals surface area contributed by atoms with Crippen LogP contribution in [0, 0.1) is 0 Å². The highest BCUT2D eigenvalue weighted by Crippen LogP contribution is 2.23. The Morgan fingerprint density at radius 3 is 2.76 bits per heavy atom. The van der Waals surface area contributed by atoms with Gasteiger partial charge in [0.15, 0.2) is 5.75 Å². The van der Waals surface area contributed by atoms with Crippen molar-refractivity contribution in [2.45, 2.75) is 0 Å². The first-order valence-corrected chi connectivity index (χ1v) is 7.10. The Morgan fingerprint density at radius 2 is 1.90 bits per heavy atom. The van der Waals surface area contributed by atoms with Crippen LogP contribution in [0.1, 0.15) is 0 Å². The van der Waals surface area contributed by atoms with Crippen molar-refractivity contribution in [1.82, 2.24) is 4.98 Å². The molecule has 4 nitrogen and oxygen atoms in total. The maximum Gasteiger partial charge on any atom is 0.417 e. The summed E-state index contributed by atoms with van der Waals surface area (Å²) in [6, 6.07) is 16.5. The van der Waals surface area contributed by atoms with E-state index in [1.54, 1.807) is 24.4 Å². The molecular formula is C16H11BrN2O2. The van der Waals surface area contributed by atoms with Gasteiger partial charge in [0, 0.05) is 21.7 Å². The molecule has 104 valence electrons. The van der Waals surface area contributed by atoms with Crippen LogP contribution in [0.25, 0.3) is 10.9 Å². The average molecular weight is 343 g/mol. The Kier molecular flexibility index (Phi) is 3.83. The lowest BCUT2D eigenvalue weighted by Crippen LogP contribution is -2.16. The molecule has 0 spiro atoms. The highest BCUT2D eigenvalue weighted by Gasteiger charge is 2.09. The van der Waals surface area contributed by atoms with Crippen molar-refractivity contribution in [1.29, 1.82) is 0 Å². The lowest BCUT2D eigenvalue weighted by molar-refractivity contribution is 0.215. The quantitative estimate of drug-likeness (QED) is 0.739. The van der Waals surface area contributed by atoms with Gasteiger partial charge < -0.3 is 4.74 Å². The molecular weight excluding hydrogens is 332 g/mol. The Bertz CT molecular complexity index is 800. The molecule has 0 bridgehead atoms. The zero-order valence-corrected chi connectivity index (χ0v) is 12.5. The maximum atomic E-state index is 12.0. The maximum absolute atomic E-state index is 12.0. The molecule has 0 unspecified atom stereocenters. The van der Waals surface area contributed by atoms with E-state index in [2.05, 4.69) is 26.2 Å². The molecule has 21 heavy (non-hydrogen) atoms. The minimum Gasteiger partial charge on any atom is -0.408 e. The minimum atomic E-state index is -0.550. The van der Waals surface area contributed by atoms with Crippen LogP contribution in [0.4, 0.5) is 10.5 Å². The standard InChI is InChI=1S/C16H11BrN2O2/c17-12-6-2-7-13(10-12)19-16(20)21-14-8-1-4-11-5-3-9-18-15(11)14/h1-10H,(H,19,20). The summed E-state index contributed by atoms with van der Waals surface area (Å²) in [7, 11) is 0. The third-order valence-corrected chi connectivity index (χ3v) is 3.36. The second-order valence-corrected chi connectivity index (χ2v) is 5.27. The summed E-state index contributed by atoms with van der Waals surface area (Å²) >= 11 is 3.35. The van der Waals surface area contributed by atoms with Gasteiger partial charge in [-0.3, -0.25) is 10.3 Å². The van der Waals surface area contributed by atoms with Gasteiger partial charge in [-0.1, -0.05) is 40.2 Å². The predicted molar refractivity (Wildman–Crippen MR) is 85.5 cm³/mol. The molecule has 1 N–H and O–H groups in total. The number of halogens is 1. The van der Waals surface area contributed by atoms with E-state index in [1.807, 2.05) is 36.4 Å². The summed E-state index contributed by atoms with van der Waals surface area (Å²) in [4.78, 5) is 16.2. The van der Waals surface area contributed by atoms with E-state index in [0.29, 0.717) is 17.0 Å². The molecule has 3 aromatic rings. The molecule has 0 fully saturated rings. The minimum absolute atomic E-state index is 0.431. The Hall–Kier alpha value is -2.40. The lowest BCUT2D eigenvalue weighted by Gasteiger charge is -2.08. The van der Waals surface area contributed by atoms with Crippen molar-refractivity contribution in [2.75, 3.05) is 5.32 Å². The van der Waals surface area contributed by atoms with Crippen LogP contribution in [0.15, 0.2) is 65.3 Å². The number of aromatic nitrogens is 1. The van der Waals surface area contributed by atoms with Crippen LogP contribution in [0.2, 0.25) is 0 Å². The van der Waals surface area contributed by atoms with Crippen molar-refractivity contribution in [2.24, 2.45) is 0 Å². The SMILES string of the molecule is O=C(Nc1cccc(Br)c1)Oc1cccc2cccnc12. The van der Waals surface area contributed by atoms with Gasteiger partial charge in [0.1, 0.15) is 5.52 Å². The molecule has 0 saturated carbocycles. The van der Waals surface area contributed by atoms with Gasteiger partial charge in [-0.25, -0.2) is 4.79 Å². The van der Waals surface area contributed by atoms with Gasteiger partial charge in [-0.2, -0.15) is 0 Å². The fourth-order valence-electron chi connectivity index (χ4n) is 1.97. The molecule has 1 heterocycles. The average Bonchev–Trinajstić information content (AvgIpc) is 2.47. The summed E-state index contributed by atoms with van der Waals surface area (Å²) in [5.74, 6) is 0.431. The van der Waals surface area contributed by atoms with Crippen molar-refractivity contribution >= 4 is 38.6 Å². The van der Waals surface area contributed by atoms with E-state index in [-0.39, 0.29) is 0 Å². The van der Waals surface area contributed by atoms with Crippen LogP contribution in [-0.2, 0) is 0 Å². The molecule has 1 aromatic heterocycles. The van der Waals surface area contributed by atoms with Gasteiger partial charge >= 0.3 is 6.09 Å². The summed E-state index contributed by atoms with van der Waals surface area (Å²) < 4.78 is 6.23. The molecule has 0 aliphatic heterocycles. The molecule has 5 heteroatoms. The first-order valence-electron chi connectivity index (χ1n) is 6.30. The number of carbonyl (C=O) groups excluding carboxylic acids is 1. The number of anilines is 1. The Balaban J connectivity index is 1.80. The second kappa shape index (κ2) is 5.93. The highest BCUT2D eigenvalue weighted by molar-refractivity contribution is 9.10. The fraction of sp³-hybridized carbons (Fsp3) is 0. The van der Waals surface area contributed by atoms with E-state index in [0.717, 1.165) is 9.86 Å². The van der Waals surface area contributed by atoms with Crippen molar-refractivity contribution in [3.63, 3.8) is 0 Å². The van der Waals surface area contributed by atoms with E-state index >= 15 is 0 Å².